The van der Waals surface area contributed by atoms with Crippen molar-refractivity contribution in [2.45, 2.75) is 63.8 Å². The third-order valence-corrected chi connectivity index (χ3v) is 11.9. The molecule has 1 spiro atoms. The van der Waals surface area contributed by atoms with Gasteiger partial charge < -0.3 is 83.3 Å². The second kappa shape index (κ2) is 29.3. The lowest BCUT2D eigenvalue weighted by molar-refractivity contribution is -0.365. The topological polar surface area (TPSA) is 384 Å². The lowest BCUT2D eigenvalue weighted by Crippen LogP contribution is -2.58. The molecule has 0 radical (unpaired) electrons. The molecule has 26 nitrogen and oxygen atoms in total. The highest BCUT2D eigenvalue weighted by atomic mass is 32.1. The number of aromatic hydroxyl groups is 2. The maximum absolute atomic E-state index is 13.9. The average Bonchev–Trinajstić information content (AvgIpc) is 3.66. The minimum absolute atomic E-state index is 0.0125. The van der Waals surface area contributed by atoms with E-state index in [2.05, 4.69) is 68.9 Å². The van der Waals surface area contributed by atoms with Crippen molar-refractivity contribution < 1.29 is 63.7 Å². The Hall–Kier alpha value is -7.81. The molecule has 0 unspecified atom stereocenters. The number of benzene rings is 3. The van der Waals surface area contributed by atoms with Crippen LogP contribution in [0.3, 0.4) is 0 Å². The van der Waals surface area contributed by atoms with E-state index in [1.807, 2.05) is 13.8 Å². The normalized spacial score (nSPS) is 13.7. The van der Waals surface area contributed by atoms with Gasteiger partial charge in [0.05, 0.1) is 38.2 Å². The van der Waals surface area contributed by atoms with Crippen molar-refractivity contribution in [2.75, 3.05) is 84.0 Å². The summed E-state index contributed by atoms with van der Waals surface area (Å²) >= 11 is 5.52. The molecule has 76 heavy (non-hydrogen) atoms. The van der Waals surface area contributed by atoms with Crippen molar-refractivity contribution in [3.8, 4) is 23.0 Å². The largest absolute Gasteiger partial charge is 0.508 e. The third kappa shape index (κ3) is 17.1. The van der Waals surface area contributed by atoms with Gasteiger partial charge in [-0.05, 0) is 66.5 Å². The van der Waals surface area contributed by atoms with Gasteiger partial charge in [0.2, 0.25) is 35.4 Å². The highest BCUT2D eigenvalue weighted by Crippen LogP contribution is 2.57. The summed E-state index contributed by atoms with van der Waals surface area (Å²) in [5.41, 5.74) is 13.1. The molecule has 5 rings (SSSR count). The van der Waals surface area contributed by atoms with Gasteiger partial charge in [-0.2, -0.15) is 0 Å². The van der Waals surface area contributed by atoms with Crippen LogP contribution in [0.25, 0.3) is 10.4 Å². The fourth-order valence-corrected chi connectivity index (χ4v) is 8.45. The Kier molecular flexibility index (Phi) is 22.8. The van der Waals surface area contributed by atoms with Crippen LogP contribution in [0.4, 0.5) is 5.69 Å². The summed E-state index contributed by atoms with van der Waals surface area (Å²) < 4.78 is 17.5. The third-order valence-electron chi connectivity index (χ3n) is 11.6. The van der Waals surface area contributed by atoms with Crippen LogP contribution in [0, 0.1) is 5.92 Å². The molecule has 3 aromatic rings. The fourth-order valence-electron chi connectivity index (χ4n) is 8.23. The zero-order valence-corrected chi connectivity index (χ0v) is 43.4. The van der Waals surface area contributed by atoms with Crippen LogP contribution < -0.4 is 63.6 Å². The molecule has 2 aliphatic rings. The summed E-state index contributed by atoms with van der Waals surface area (Å²) in [4.78, 5) is 95.5. The number of amides is 6. The number of nitrogens with one attached hydrogen (secondary N) is 10. The molecule has 2 aliphatic heterocycles. The van der Waals surface area contributed by atoms with E-state index in [0.29, 0.717) is 55.1 Å². The summed E-state index contributed by atoms with van der Waals surface area (Å²) in [6, 6.07) is 10.1. The first-order valence-corrected chi connectivity index (χ1v) is 25.1. The standard InChI is InChI=1S/C49H66N14O12S/c1-28(2)22-37(59-29(3)64)45(70)62-39(27-43(68)54-15-12-52-11-10-50)46(71)61-38(44(69)56-18-20-73-21-19-58-63-51)26-42(67)55-16-13-53-14-17-57-48(76)60-30-4-7-34-33(23-30)47(72)75-49(34)35-8-5-31(65)24-40(35)74-41-25-32(66)6-9-36(41)49/h4-9,23-25,28,37-39,52-53,65-66H,10-22,26-27,50H2,1-3H3,(H,54,68)(H,55,67)(H,56,69)(H,59,64)(H,61,71)(H,62,70)(H2,57,60,76)/p+1/t37-,38-,39+/m0/s1. The van der Waals surface area contributed by atoms with Gasteiger partial charge in [0.1, 0.15) is 41.1 Å². The van der Waals surface area contributed by atoms with Gasteiger partial charge in [-0.15, -0.1) is 0 Å². The Balaban J connectivity index is 1.14. The second-order valence-corrected chi connectivity index (χ2v) is 18.4. The molecule has 3 aromatic carbocycles. The monoisotopic (exact) mass is 1080 g/mol. The van der Waals surface area contributed by atoms with Crippen LogP contribution in [0.15, 0.2) is 59.7 Å². The van der Waals surface area contributed by atoms with Crippen LogP contribution in [0.5, 0.6) is 23.0 Å². The van der Waals surface area contributed by atoms with E-state index in [1.165, 1.54) is 31.2 Å². The summed E-state index contributed by atoms with van der Waals surface area (Å²) in [5, 5.41) is 52.1. The maximum atomic E-state index is 13.9. The van der Waals surface area contributed by atoms with Crippen LogP contribution in [-0.4, -0.2) is 154 Å². The van der Waals surface area contributed by atoms with Crippen molar-refractivity contribution in [3.63, 3.8) is 0 Å². The Morgan fingerprint density at radius 2 is 1.29 bits per heavy atom. The number of thiocarbonyl (C=S) groups is 1. The highest BCUT2D eigenvalue weighted by molar-refractivity contribution is 7.80. The quantitative estimate of drug-likeness (QED) is 0.00985. The number of phenols is 2. The van der Waals surface area contributed by atoms with Crippen molar-refractivity contribution in [3.05, 3.63) is 87.3 Å². The van der Waals surface area contributed by atoms with Crippen LogP contribution in [0.2, 0.25) is 0 Å². The van der Waals surface area contributed by atoms with Crippen molar-refractivity contribution in [2.24, 2.45) is 11.0 Å². The van der Waals surface area contributed by atoms with Gasteiger partial charge in [0.15, 0.2) is 10.7 Å². The van der Waals surface area contributed by atoms with E-state index in [1.54, 1.807) is 30.3 Å². The van der Waals surface area contributed by atoms with Crippen molar-refractivity contribution >= 4 is 64.4 Å². The molecule has 0 aliphatic carbocycles. The van der Waals surface area contributed by atoms with Gasteiger partial charge in [0, 0.05) is 105 Å². The van der Waals surface area contributed by atoms with E-state index < -0.39 is 78.0 Å². The van der Waals surface area contributed by atoms with E-state index in [9.17, 15) is 43.8 Å². The number of phenolic OH excluding ortho intramolecular Hbond substituents is 2. The summed E-state index contributed by atoms with van der Waals surface area (Å²) in [5.74, 6) is -4.35. The van der Waals surface area contributed by atoms with Crippen LogP contribution in [0.1, 0.15) is 67.1 Å². The highest BCUT2D eigenvalue weighted by Gasteiger charge is 2.53. The predicted molar refractivity (Wildman–Crippen MR) is 280 cm³/mol. The van der Waals surface area contributed by atoms with Gasteiger partial charge in [-0.3, -0.25) is 28.8 Å². The number of anilines is 1. The van der Waals surface area contributed by atoms with Crippen LogP contribution >= 0.6 is 12.2 Å². The van der Waals surface area contributed by atoms with E-state index in [4.69, 9.17) is 32.0 Å². The molecule has 15 N–H and O–H groups in total. The number of quaternary nitrogens is 1. The summed E-state index contributed by atoms with van der Waals surface area (Å²) in [6.45, 7) is 8.08. The molecule has 0 saturated carbocycles. The summed E-state index contributed by atoms with van der Waals surface area (Å²) in [7, 11) is 0. The number of hydrogen-bond donors (Lipinski definition) is 13. The zero-order valence-electron chi connectivity index (χ0n) is 42.5. The number of hydrogen-bond acceptors (Lipinski definition) is 16. The summed E-state index contributed by atoms with van der Waals surface area (Å²) in [6.07, 6.45) is -0.840. The molecule has 3 atom stereocenters. The lowest BCUT2D eigenvalue weighted by atomic mass is 9.77. The number of carbonyl (C=O) groups is 7. The SMILES string of the molecule is CC(=O)N[C@@H](CC(C)C)C(=O)N[C@H](CC(=O)NCCNCC[NH3+])C(=O)N[C@@H](CC(=O)NCCNCCNC(=S)Nc1ccc2c(c1)C(=O)OC21c2ccc(O)cc2Oc2cc(O)ccc21)C(=O)NCCOCCN=[N+]=[N-]. The first-order chi connectivity index (χ1) is 36.4. The van der Waals surface area contributed by atoms with Gasteiger partial charge in [-0.1, -0.05) is 25.0 Å². The minimum Gasteiger partial charge on any atom is -0.508 e. The number of fused-ring (bicyclic) bond motifs is 6. The Morgan fingerprint density at radius 3 is 1.87 bits per heavy atom. The molecule has 0 aromatic heterocycles. The first-order valence-electron chi connectivity index (χ1n) is 24.7. The smallest absolute Gasteiger partial charge is 0.340 e. The van der Waals surface area contributed by atoms with Crippen LogP contribution in [-0.2, 0) is 43.8 Å². The zero-order chi connectivity index (χ0) is 55.2. The first kappa shape index (κ1) is 59.1. The van der Waals surface area contributed by atoms with Crippen molar-refractivity contribution in [1.82, 2.24) is 47.9 Å². The minimum atomic E-state index is -1.52. The lowest BCUT2D eigenvalue weighted by Gasteiger charge is -2.36. The molecule has 27 heteroatoms. The number of ether oxygens (including phenoxy) is 3. The Labute approximate surface area is 443 Å². The molecule has 6 amide bonds. The second-order valence-electron chi connectivity index (χ2n) is 18.0. The van der Waals surface area contributed by atoms with Gasteiger partial charge >= 0.3 is 5.97 Å². The van der Waals surface area contributed by atoms with Crippen molar-refractivity contribution in [1.29, 1.82) is 0 Å². The predicted octanol–water partition coefficient (Wildman–Crippen LogP) is -0.651. The fraction of sp³-hybridized carbons (Fsp3) is 0.469. The average molecular weight is 1080 g/mol. The molecule has 0 bridgehead atoms. The molecule has 0 fully saturated rings. The van der Waals surface area contributed by atoms with E-state index in [0.717, 1.165) is 0 Å². The number of carbonyl (C=O) groups excluding carboxylic acids is 7. The number of rotatable bonds is 30. The molecule has 410 valence electrons. The Bertz CT molecular complexity index is 2580. The van der Waals surface area contributed by atoms with Gasteiger partial charge in [-0.25, -0.2) is 4.79 Å². The maximum Gasteiger partial charge on any atom is 0.340 e. The van der Waals surface area contributed by atoms with E-state index in [-0.39, 0.29) is 92.0 Å². The number of nitrogens with zero attached hydrogens (tertiary/aromatic N) is 3. The Morgan fingerprint density at radius 1 is 0.724 bits per heavy atom. The number of azide groups is 1. The molecule has 0 saturated heterocycles. The molecular weight excluding hydrogens is 1010 g/mol. The molecular formula is C49H67N14O12S+. The van der Waals surface area contributed by atoms with E-state index >= 15 is 0 Å². The molecule has 2 heterocycles. The number of esters is 1. The van der Waals surface area contributed by atoms with Gasteiger partial charge in [0.25, 0.3) is 0 Å².